The molecule has 32 heavy (non-hydrogen) atoms. The zero-order valence-electron chi connectivity index (χ0n) is 18.2. The fourth-order valence-electron chi connectivity index (χ4n) is 3.29. The normalized spacial score (nSPS) is 15.1. The average molecular weight is 456 g/mol. The van der Waals surface area contributed by atoms with E-state index >= 15 is 0 Å². The Bertz CT molecular complexity index is 944. The summed E-state index contributed by atoms with van der Waals surface area (Å²) in [5.41, 5.74) is 1.51. The molecule has 0 radical (unpaired) electrons. The van der Waals surface area contributed by atoms with Crippen LogP contribution in [0.1, 0.15) is 53.3 Å². The van der Waals surface area contributed by atoms with Crippen LogP contribution in [0.15, 0.2) is 48.5 Å². The van der Waals surface area contributed by atoms with Crippen LogP contribution in [0, 0.1) is 0 Å². The van der Waals surface area contributed by atoms with Gasteiger partial charge < -0.3 is 20.1 Å². The summed E-state index contributed by atoms with van der Waals surface area (Å²) in [6, 6.07) is 14.0. The number of para-hydroxylation sites is 1. The summed E-state index contributed by atoms with van der Waals surface area (Å²) in [4.78, 5) is 25.1. The van der Waals surface area contributed by atoms with Gasteiger partial charge in [-0.2, -0.15) is 0 Å². The Kier molecular flexibility index (Phi) is 9.01. The lowest BCUT2D eigenvalue weighted by molar-refractivity contribution is 0.0857. The molecule has 0 aliphatic carbocycles. The minimum absolute atomic E-state index is 0.0804. The van der Waals surface area contributed by atoms with Crippen molar-refractivity contribution in [2.45, 2.75) is 38.7 Å². The molecule has 0 spiro atoms. The summed E-state index contributed by atoms with van der Waals surface area (Å²) < 4.78 is 11.3. The van der Waals surface area contributed by atoms with E-state index in [9.17, 15) is 9.59 Å². The molecule has 2 aromatic carbocycles. The van der Waals surface area contributed by atoms with Crippen LogP contribution in [-0.4, -0.2) is 42.8 Å². The first kappa shape index (κ1) is 23.7. The highest BCUT2D eigenvalue weighted by molar-refractivity contribution is 7.80. The number of amides is 2. The largest absolute Gasteiger partial charge is 0.493 e. The third-order valence-electron chi connectivity index (χ3n) is 5.01. The van der Waals surface area contributed by atoms with E-state index in [0.29, 0.717) is 35.7 Å². The molecule has 1 fully saturated rings. The Hall–Kier alpha value is -2.97. The summed E-state index contributed by atoms with van der Waals surface area (Å²) in [6.07, 6.45) is 3.99. The van der Waals surface area contributed by atoms with Gasteiger partial charge in [-0.3, -0.25) is 14.9 Å². The van der Waals surface area contributed by atoms with E-state index in [0.717, 1.165) is 32.3 Å². The number of nitrogens with one attached hydrogen (secondary N) is 3. The monoisotopic (exact) mass is 455 g/mol. The molecule has 1 atom stereocenters. The number of unbranched alkanes of at least 4 members (excludes halogenated alkanes) is 1. The highest BCUT2D eigenvalue weighted by Gasteiger charge is 2.17. The molecular formula is C24H29N3O4S. The van der Waals surface area contributed by atoms with Crippen molar-refractivity contribution in [3.05, 3.63) is 59.7 Å². The molecule has 0 saturated carbocycles. The third-order valence-corrected chi connectivity index (χ3v) is 5.22. The van der Waals surface area contributed by atoms with E-state index in [-0.39, 0.29) is 23.0 Å². The molecule has 170 valence electrons. The smallest absolute Gasteiger partial charge is 0.261 e. The second-order valence-electron chi connectivity index (χ2n) is 7.53. The lowest BCUT2D eigenvalue weighted by Gasteiger charge is -2.14. The Morgan fingerprint density at radius 1 is 1.16 bits per heavy atom. The summed E-state index contributed by atoms with van der Waals surface area (Å²) in [5, 5.41) is 8.66. The molecule has 1 heterocycles. The fourth-order valence-corrected chi connectivity index (χ4v) is 3.50. The second-order valence-corrected chi connectivity index (χ2v) is 7.94. The average Bonchev–Trinajstić information content (AvgIpc) is 3.32. The van der Waals surface area contributed by atoms with Gasteiger partial charge in [0.15, 0.2) is 5.11 Å². The quantitative estimate of drug-likeness (QED) is 0.393. The summed E-state index contributed by atoms with van der Waals surface area (Å²) >= 11 is 5.29. The van der Waals surface area contributed by atoms with E-state index in [2.05, 4.69) is 22.9 Å². The Morgan fingerprint density at radius 2 is 2.00 bits per heavy atom. The Balaban J connectivity index is 1.55. The zero-order valence-corrected chi connectivity index (χ0v) is 19.0. The van der Waals surface area contributed by atoms with Crippen LogP contribution >= 0.6 is 12.2 Å². The van der Waals surface area contributed by atoms with Gasteiger partial charge in [0.2, 0.25) is 0 Å². The molecule has 1 saturated heterocycles. The van der Waals surface area contributed by atoms with Crippen molar-refractivity contribution >= 4 is 34.8 Å². The van der Waals surface area contributed by atoms with E-state index in [1.54, 1.807) is 42.5 Å². The molecule has 1 aliphatic rings. The first-order valence-electron chi connectivity index (χ1n) is 10.9. The summed E-state index contributed by atoms with van der Waals surface area (Å²) in [5.74, 6) is -0.0246. The number of carbonyl (C=O) groups excluding carboxylic acids is 2. The van der Waals surface area contributed by atoms with Crippen LogP contribution in [0.5, 0.6) is 5.75 Å². The SMILES string of the molecule is CCCCOc1ccccc1C(=O)NC(=S)Nc1cccc(C(=O)NCC2CCCO2)c1. The fraction of sp³-hybridized carbons (Fsp3) is 0.375. The first-order valence-corrected chi connectivity index (χ1v) is 11.3. The molecule has 2 amide bonds. The second kappa shape index (κ2) is 12.2. The minimum Gasteiger partial charge on any atom is -0.493 e. The molecule has 7 nitrogen and oxygen atoms in total. The van der Waals surface area contributed by atoms with Crippen LogP contribution in [0.25, 0.3) is 0 Å². The number of hydrogen-bond acceptors (Lipinski definition) is 5. The van der Waals surface area contributed by atoms with Crippen molar-refractivity contribution in [3.8, 4) is 5.75 Å². The van der Waals surface area contributed by atoms with Crippen molar-refractivity contribution in [1.82, 2.24) is 10.6 Å². The van der Waals surface area contributed by atoms with Crippen LogP contribution in [0.4, 0.5) is 5.69 Å². The van der Waals surface area contributed by atoms with Gasteiger partial charge in [0.1, 0.15) is 5.75 Å². The van der Waals surface area contributed by atoms with Gasteiger partial charge >= 0.3 is 0 Å². The molecule has 1 aliphatic heterocycles. The van der Waals surface area contributed by atoms with E-state index < -0.39 is 0 Å². The number of carbonyl (C=O) groups is 2. The number of anilines is 1. The maximum absolute atomic E-state index is 12.7. The lowest BCUT2D eigenvalue weighted by Crippen LogP contribution is -2.34. The maximum atomic E-state index is 12.7. The molecule has 0 bridgehead atoms. The van der Waals surface area contributed by atoms with Crippen molar-refractivity contribution in [1.29, 1.82) is 0 Å². The highest BCUT2D eigenvalue weighted by atomic mass is 32.1. The number of thiocarbonyl (C=S) groups is 1. The van der Waals surface area contributed by atoms with Gasteiger partial charge in [-0.05, 0) is 61.8 Å². The van der Waals surface area contributed by atoms with Crippen molar-refractivity contribution < 1.29 is 19.1 Å². The molecule has 2 aromatic rings. The van der Waals surface area contributed by atoms with Gasteiger partial charge in [0.05, 0.1) is 18.3 Å². The summed E-state index contributed by atoms with van der Waals surface area (Å²) in [7, 11) is 0. The van der Waals surface area contributed by atoms with Gasteiger partial charge in [-0.25, -0.2) is 0 Å². The van der Waals surface area contributed by atoms with Gasteiger partial charge in [-0.15, -0.1) is 0 Å². The molecule has 1 unspecified atom stereocenters. The molecule has 0 aromatic heterocycles. The Labute approximate surface area is 193 Å². The van der Waals surface area contributed by atoms with Crippen molar-refractivity contribution in [3.63, 3.8) is 0 Å². The molecular weight excluding hydrogens is 426 g/mol. The van der Waals surface area contributed by atoms with Crippen LogP contribution < -0.4 is 20.7 Å². The van der Waals surface area contributed by atoms with Gasteiger partial charge in [0, 0.05) is 24.4 Å². The van der Waals surface area contributed by atoms with Crippen molar-refractivity contribution in [2.75, 3.05) is 25.1 Å². The van der Waals surface area contributed by atoms with Gasteiger partial charge in [0.25, 0.3) is 11.8 Å². The van der Waals surface area contributed by atoms with Crippen molar-refractivity contribution in [2.24, 2.45) is 0 Å². The first-order chi connectivity index (χ1) is 15.6. The summed E-state index contributed by atoms with van der Waals surface area (Å²) in [6.45, 7) is 3.86. The van der Waals surface area contributed by atoms with E-state index in [1.807, 2.05) is 6.07 Å². The standard InChI is InChI=1S/C24H29N3O4S/c1-2-3-13-31-21-12-5-4-11-20(21)23(29)27-24(32)26-18-9-6-8-17(15-18)22(28)25-16-19-10-7-14-30-19/h4-6,8-9,11-12,15,19H,2-3,7,10,13-14,16H2,1H3,(H,25,28)(H2,26,27,29,32). The lowest BCUT2D eigenvalue weighted by atomic mass is 10.1. The zero-order chi connectivity index (χ0) is 22.8. The Morgan fingerprint density at radius 3 is 2.78 bits per heavy atom. The van der Waals surface area contributed by atoms with Crippen LogP contribution in [0.2, 0.25) is 0 Å². The molecule has 3 rings (SSSR count). The van der Waals surface area contributed by atoms with E-state index in [1.165, 1.54) is 0 Å². The van der Waals surface area contributed by atoms with Crippen LogP contribution in [-0.2, 0) is 4.74 Å². The van der Waals surface area contributed by atoms with Crippen LogP contribution in [0.3, 0.4) is 0 Å². The third kappa shape index (κ3) is 7.03. The number of ether oxygens (including phenoxy) is 2. The number of benzene rings is 2. The predicted molar refractivity (Wildman–Crippen MR) is 128 cm³/mol. The number of rotatable bonds is 9. The number of hydrogen-bond donors (Lipinski definition) is 3. The maximum Gasteiger partial charge on any atom is 0.261 e. The molecule has 8 heteroatoms. The van der Waals surface area contributed by atoms with Gasteiger partial charge in [-0.1, -0.05) is 31.5 Å². The molecule has 3 N–H and O–H groups in total. The highest BCUT2D eigenvalue weighted by Crippen LogP contribution is 2.18. The van der Waals surface area contributed by atoms with E-state index in [4.69, 9.17) is 21.7 Å². The predicted octanol–water partition coefficient (Wildman–Crippen LogP) is 3.90. The topological polar surface area (TPSA) is 88.7 Å². The minimum atomic E-state index is -0.361.